The molecule has 1 atom stereocenters. The number of amides is 1. The van der Waals surface area contributed by atoms with Crippen LogP contribution in [0.25, 0.3) is 0 Å². The fourth-order valence-electron chi connectivity index (χ4n) is 2.30. The third-order valence-electron chi connectivity index (χ3n) is 3.77. The van der Waals surface area contributed by atoms with Gasteiger partial charge in [-0.3, -0.25) is 14.9 Å². The van der Waals surface area contributed by atoms with Crippen molar-refractivity contribution in [1.29, 1.82) is 0 Å². The first-order chi connectivity index (χ1) is 11.5. The Hall–Kier alpha value is -2.93. The van der Waals surface area contributed by atoms with Gasteiger partial charge in [-0.1, -0.05) is 31.2 Å². The van der Waals surface area contributed by atoms with Gasteiger partial charge in [0.2, 0.25) is 0 Å². The predicted molar refractivity (Wildman–Crippen MR) is 90.6 cm³/mol. The minimum atomic E-state index is -0.640. The average Bonchev–Trinajstić information content (AvgIpc) is 2.59. The SMILES string of the molecule is CCc1ccc(C(CO)NC(=O)c2ccc(N)c([N+](=O)[O-])c2)cc1. The van der Waals surface area contributed by atoms with Crippen molar-refractivity contribution in [1.82, 2.24) is 5.32 Å². The number of carbonyl (C=O) groups is 1. The van der Waals surface area contributed by atoms with E-state index >= 15 is 0 Å². The van der Waals surface area contributed by atoms with Gasteiger partial charge < -0.3 is 16.2 Å². The van der Waals surface area contributed by atoms with E-state index in [9.17, 15) is 20.0 Å². The van der Waals surface area contributed by atoms with Gasteiger partial charge in [-0.15, -0.1) is 0 Å². The number of nitro benzene ring substituents is 1. The van der Waals surface area contributed by atoms with Crippen LogP contribution in [0, 0.1) is 10.1 Å². The van der Waals surface area contributed by atoms with E-state index in [1.807, 2.05) is 31.2 Å². The second-order valence-electron chi connectivity index (χ2n) is 5.33. The van der Waals surface area contributed by atoms with Crippen molar-refractivity contribution >= 4 is 17.3 Å². The van der Waals surface area contributed by atoms with E-state index < -0.39 is 16.9 Å². The smallest absolute Gasteiger partial charge is 0.292 e. The summed E-state index contributed by atoms with van der Waals surface area (Å²) in [6.45, 7) is 1.75. The lowest BCUT2D eigenvalue weighted by Gasteiger charge is -2.17. The molecule has 2 rings (SSSR count). The van der Waals surface area contributed by atoms with Crippen LogP contribution in [0.2, 0.25) is 0 Å². The zero-order chi connectivity index (χ0) is 17.7. The summed E-state index contributed by atoms with van der Waals surface area (Å²) in [5.74, 6) is -0.517. The second-order valence-corrected chi connectivity index (χ2v) is 5.33. The molecule has 0 heterocycles. The van der Waals surface area contributed by atoms with Gasteiger partial charge in [-0.25, -0.2) is 0 Å². The predicted octanol–water partition coefficient (Wildman–Crippen LogP) is 2.20. The number of aliphatic hydroxyl groups excluding tert-OH is 1. The lowest BCUT2D eigenvalue weighted by Crippen LogP contribution is -2.30. The molecule has 4 N–H and O–H groups in total. The van der Waals surface area contributed by atoms with E-state index in [1.54, 1.807) is 0 Å². The van der Waals surface area contributed by atoms with Crippen molar-refractivity contribution < 1.29 is 14.8 Å². The third-order valence-corrected chi connectivity index (χ3v) is 3.77. The topological polar surface area (TPSA) is 118 Å². The maximum Gasteiger partial charge on any atom is 0.292 e. The molecule has 7 heteroatoms. The normalized spacial score (nSPS) is 11.8. The molecule has 0 aliphatic carbocycles. The van der Waals surface area contributed by atoms with Crippen LogP contribution in [-0.2, 0) is 6.42 Å². The van der Waals surface area contributed by atoms with Crippen LogP contribution in [0.15, 0.2) is 42.5 Å². The molecule has 0 aliphatic rings. The van der Waals surface area contributed by atoms with E-state index in [1.165, 1.54) is 12.1 Å². The Morgan fingerprint density at radius 3 is 2.50 bits per heavy atom. The van der Waals surface area contributed by atoms with Gasteiger partial charge in [0.1, 0.15) is 5.69 Å². The number of nitrogens with two attached hydrogens (primary N) is 1. The largest absolute Gasteiger partial charge is 0.394 e. The first kappa shape index (κ1) is 17.4. The molecular formula is C17H19N3O4. The number of carbonyl (C=O) groups excluding carboxylic acids is 1. The Kier molecular flexibility index (Phi) is 5.49. The van der Waals surface area contributed by atoms with Crippen molar-refractivity contribution in [3.05, 3.63) is 69.3 Å². The van der Waals surface area contributed by atoms with Crippen molar-refractivity contribution in [2.24, 2.45) is 0 Å². The Morgan fingerprint density at radius 2 is 1.96 bits per heavy atom. The molecule has 126 valence electrons. The molecule has 0 bridgehead atoms. The molecule has 2 aromatic carbocycles. The number of benzene rings is 2. The molecule has 1 unspecified atom stereocenters. The van der Waals surface area contributed by atoms with Gasteiger partial charge in [0.25, 0.3) is 11.6 Å². The zero-order valence-corrected chi connectivity index (χ0v) is 13.2. The van der Waals surface area contributed by atoms with Crippen molar-refractivity contribution in [3.63, 3.8) is 0 Å². The van der Waals surface area contributed by atoms with Gasteiger partial charge in [0, 0.05) is 11.6 Å². The molecule has 0 aromatic heterocycles. The number of nitro groups is 1. The number of aryl methyl sites for hydroxylation is 1. The third kappa shape index (κ3) is 3.88. The number of hydrogen-bond donors (Lipinski definition) is 3. The lowest BCUT2D eigenvalue weighted by atomic mass is 10.0. The minimum Gasteiger partial charge on any atom is -0.394 e. The van der Waals surface area contributed by atoms with E-state index in [0.717, 1.165) is 23.6 Å². The van der Waals surface area contributed by atoms with Crippen LogP contribution in [0.5, 0.6) is 0 Å². The molecule has 1 amide bonds. The standard InChI is InChI=1S/C17H19N3O4/c1-2-11-3-5-12(6-4-11)15(10-21)19-17(22)13-7-8-14(18)16(9-13)20(23)24/h3-9,15,21H,2,10,18H2,1H3,(H,19,22). The summed E-state index contributed by atoms with van der Waals surface area (Å²) in [6, 6.07) is 10.8. The van der Waals surface area contributed by atoms with Crippen LogP contribution in [0.4, 0.5) is 11.4 Å². The van der Waals surface area contributed by atoms with Gasteiger partial charge in [-0.05, 0) is 29.7 Å². The molecular weight excluding hydrogens is 310 g/mol. The van der Waals surface area contributed by atoms with Crippen LogP contribution < -0.4 is 11.1 Å². The van der Waals surface area contributed by atoms with Gasteiger partial charge in [-0.2, -0.15) is 0 Å². The van der Waals surface area contributed by atoms with Crippen molar-refractivity contribution in [2.45, 2.75) is 19.4 Å². The summed E-state index contributed by atoms with van der Waals surface area (Å²) in [4.78, 5) is 22.6. The highest BCUT2D eigenvalue weighted by atomic mass is 16.6. The monoisotopic (exact) mass is 329 g/mol. The molecule has 2 aromatic rings. The first-order valence-corrected chi connectivity index (χ1v) is 7.50. The summed E-state index contributed by atoms with van der Waals surface area (Å²) in [5.41, 5.74) is 7.21. The van der Waals surface area contributed by atoms with Crippen LogP contribution in [-0.4, -0.2) is 22.5 Å². The van der Waals surface area contributed by atoms with Crippen LogP contribution in [0.1, 0.15) is 34.5 Å². The van der Waals surface area contributed by atoms with E-state index in [0.29, 0.717) is 0 Å². The highest BCUT2D eigenvalue weighted by molar-refractivity contribution is 5.95. The molecule has 24 heavy (non-hydrogen) atoms. The number of nitrogens with zero attached hydrogens (tertiary/aromatic N) is 1. The Morgan fingerprint density at radius 1 is 1.29 bits per heavy atom. The second kappa shape index (κ2) is 7.56. The van der Waals surface area contributed by atoms with Crippen molar-refractivity contribution in [2.75, 3.05) is 12.3 Å². The van der Waals surface area contributed by atoms with E-state index in [4.69, 9.17) is 5.73 Å². The maximum atomic E-state index is 12.3. The summed E-state index contributed by atoms with van der Waals surface area (Å²) >= 11 is 0. The Bertz CT molecular complexity index is 744. The van der Waals surface area contributed by atoms with Gasteiger partial charge >= 0.3 is 0 Å². The number of hydrogen-bond acceptors (Lipinski definition) is 5. The lowest BCUT2D eigenvalue weighted by molar-refractivity contribution is -0.383. The molecule has 0 fully saturated rings. The molecule has 0 spiro atoms. The Balaban J connectivity index is 2.19. The molecule has 0 saturated heterocycles. The summed E-state index contributed by atoms with van der Waals surface area (Å²) in [6.07, 6.45) is 0.894. The molecule has 0 radical (unpaired) electrons. The van der Waals surface area contributed by atoms with E-state index in [2.05, 4.69) is 5.32 Å². The van der Waals surface area contributed by atoms with Gasteiger partial charge in [0.05, 0.1) is 17.6 Å². The number of nitrogen functional groups attached to an aromatic ring is 1. The summed E-state index contributed by atoms with van der Waals surface area (Å²) < 4.78 is 0. The van der Waals surface area contributed by atoms with Crippen molar-refractivity contribution in [3.8, 4) is 0 Å². The highest BCUT2D eigenvalue weighted by Gasteiger charge is 2.19. The number of aliphatic hydroxyl groups is 1. The average molecular weight is 329 g/mol. The van der Waals surface area contributed by atoms with Crippen LogP contribution in [0.3, 0.4) is 0 Å². The van der Waals surface area contributed by atoms with E-state index in [-0.39, 0.29) is 23.5 Å². The summed E-state index contributed by atoms with van der Waals surface area (Å²) in [7, 11) is 0. The number of rotatable bonds is 6. The molecule has 7 nitrogen and oxygen atoms in total. The minimum absolute atomic E-state index is 0.00888. The number of anilines is 1. The summed E-state index contributed by atoms with van der Waals surface area (Å²) in [5, 5.41) is 23.1. The fourth-order valence-corrected chi connectivity index (χ4v) is 2.30. The quantitative estimate of drug-likeness (QED) is 0.426. The van der Waals surface area contributed by atoms with Crippen LogP contribution >= 0.6 is 0 Å². The zero-order valence-electron chi connectivity index (χ0n) is 13.2. The maximum absolute atomic E-state index is 12.3. The highest BCUT2D eigenvalue weighted by Crippen LogP contribution is 2.23. The fraction of sp³-hybridized carbons (Fsp3) is 0.235. The molecule has 0 aliphatic heterocycles. The van der Waals surface area contributed by atoms with Gasteiger partial charge in [0.15, 0.2) is 0 Å². The first-order valence-electron chi connectivity index (χ1n) is 7.50. The number of nitrogens with one attached hydrogen (secondary N) is 1. The Labute approximate surface area is 139 Å². The molecule has 0 saturated carbocycles.